The van der Waals surface area contributed by atoms with Gasteiger partial charge in [-0.2, -0.15) is 4.98 Å². The highest BCUT2D eigenvalue weighted by atomic mass is 35.5. The number of nitrogens with zero attached hydrogens (tertiary/aromatic N) is 2. The second-order valence-electron chi connectivity index (χ2n) is 2.53. The van der Waals surface area contributed by atoms with Crippen LogP contribution < -0.4 is 10.3 Å². The topological polar surface area (TPSA) is 67.7 Å². The van der Waals surface area contributed by atoms with Crippen LogP contribution in [0, 0.1) is 0 Å². The minimum Gasteiger partial charge on any atom is -0.367 e. The third-order valence-corrected chi connectivity index (χ3v) is 1.82. The number of halogens is 1. The zero-order valence-corrected chi connectivity index (χ0v) is 7.81. The van der Waals surface area contributed by atoms with Gasteiger partial charge in [-0.25, -0.2) is 4.98 Å². The molecule has 0 atom stereocenters. The lowest BCUT2D eigenvalue weighted by molar-refractivity contribution is -0.347. The van der Waals surface area contributed by atoms with Gasteiger partial charge in [0.25, 0.3) is 0 Å². The molecule has 0 fully saturated rings. The van der Waals surface area contributed by atoms with Crippen molar-refractivity contribution in [2.45, 2.75) is 6.92 Å². The molecule has 2 aromatic rings. The average Bonchev–Trinajstić information content (AvgIpc) is 2.52. The molecule has 0 saturated carbocycles. The number of aromatic amines is 2. The zero-order chi connectivity index (χ0) is 9.26. The van der Waals surface area contributed by atoms with E-state index < -0.39 is 0 Å². The van der Waals surface area contributed by atoms with Crippen LogP contribution in [0.25, 0.3) is 11.2 Å². The van der Waals surface area contributed by atoms with Gasteiger partial charge in [-0.05, 0) is 18.5 Å². The Hall–Kier alpha value is -1.36. The standard InChI is InChI=1S/C7H8ClN5/c1-2-9-5-4-6(11-3-10-4)13-7(8)12-5/h3H,2H2,1H3,(H2,9,10,11,12,13)/p+1. The van der Waals surface area contributed by atoms with Crippen molar-refractivity contribution in [3.63, 3.8) is 0 Å². The van der Waals surface area contributed by atoms with Gasteiger partial charge in [0.1, 0.15) is 0 Å². The predicted molar refractivity (Wildman–Crippen MR) is 49.6 cm³/mol. The van der Waals surface area contributed by atoms with Crippen LogP contribution in [0.4, 0.5) is 5.82 Å². The molecule has 3 N–H and O–H groups in total. The summed E-state index contributed by atoms with van der Waals surface area (Å²) in [5.74, 6) is 0.721. The second-order valence-corrected chi connectivity index (χ2v) is 2.87. The summed E-state index contributed by atoms with van der Waals surface area (Å²) in [4.78, 5) is 14.0. The predicted octanol–water partition coefficient (Wildman–Crippen LogP) is 0.857. The zero-order valence-electron chi connectivity index (χ0n) is 7.06. The third kappa shape index (κ3) is 1.42. The van der Waals surface area contributed by atoms with Gasteiger partial charge in [0.2, 0.25) is 5.52 Å². The third-order valence-electron chi connectivity index (χ3n) is 1.65. The molecule has 68 valence electrons. The maximum absolute atomic E-state index is 5.72. The van der Waals surface area contributed by atoms with Gasteiger partial charge >= 0.3 is 10.9 Å². The summed E-state index contributed by atoms with van der Waals surface area (Å²) < 4.78 is 0. The van der Waals surface area contributed by atoms with Gasteiger partial charge < -0.3 is 5.32 Å². The first-order valence-corrected chi connectivity index (χ1v) is 4.35. The van der Waals surface area contributed by atoms with Crippen LogP contribution in [0.1, 0.15) is 6.92 Å². The molecule has 0 unspecified atom stereocenters. The summed E-state index contributed by atoms with van der Waals surface area (Å²) in [6, 6.07) is 0. The number of nitrogens with one attached hydrogen (secondary N) is 3. The fourth-order valence-corrected chi connectivity index (χ4v) is 1.32. The molecule has 6 heteroatoms. The Kier molecular flexibility index (Phi) is 2.02. The van der Waals surface area contributed by atoms with Crippen molar-refractivity contribution in [3.8, 4) is 0 Å². The maximum atomic E-state index is 5.72. The number of imidazole rings is 1. The van der Waals surface area contributed by atoms with Crippen molar-refractivity contribution < 1.29 is 4.98 Å². The Balaban J connectivity index is 2.63. The number of H-pyrrole nitrogens is 2. The normalized spacial score (nSPS) is 10.6. The van der Waals surface area contributed by atoms with Crippen LogP contribution in [0.2, 0.25) is 5.28 Å². The van der Waals surface area contributed by atoms with Crippen LogP contribution in [-0.2, 0) is 0 Å². The summed E-state index contributed by atoms with van der Waals surface area (Å²) >= 11 is 5.72. The smallest absolute Gasteiger partial charge is 0.306 e. The van der Waals surface area contributed by atoms with Crippen LogP contribution >= 0.6 is 11.6 Å². The highest BCUT2D eigenvalue weighted by molar-refractivity contribution is 6.28. The van der Waals surface area contributed by atoms with E-state index in [1.807, 2.05) is 6.92 Å². The minimum atomic E-state index is 0.235. The highest BCUT2D eigenvalue weighted by Gasteiger charge is 2.13. The molecular formula is C7H9ClN5+. The molecule has 0 aliphatic rings. The average molecular weight is 199 g/mol. The molecule has 0 aromatic carbocycles. The molecule has 0 amide bonds. The van der Waals surface area contributed by atoms with E-state index in [1.165, 1.54) is 0 Å². The van der Waals surface area contributed by atoms with E-state index in [0.717, 1.165) is 17.9 Å². The lowest BCUT2D eigenvalue weighted by Crippen LogP contribution is -2.04. The lowest BCUT2D eigenvalue weighted by atomic mass is 10.5. The lowest BCUT2D eigenvalue weighted by Gasteiger charge is -1.98. The Morgan fingerprint density at radius 3 is 3.23 bits per heavy atom. The number of rotatable bonds is 2. The van der Waals surface area contributed by atoms with Crippen LogP contribution in [-0.4, -0.2) is 21.5 Å². The van der Waals surface area contributed by atoms with Crippen molar-refractivity contribution >= 4 is 28.6 Å². The van der Waals surface area contributed by atoms with Crippen molar-refractivity contribution in [2.75, 3.05) is 11.9 Å². The Morgan fingerprint density at radius 2 is 2.46 bits per heavy atom. The van der Waals surface area contributed by atoms with Crippen LogP contribution in [0.5, 0.6) is 0 Å². The Labute approximate surface area is 79.6 Å². The Bertz CT molecular complexity index is 424. The van der Waals surface area contributed by atoms with Crippen molar-refractivity contribution in [2.24, 2.45) is 0 Å². The van der Waals surface area contributed by atoms with Gasteiger partial charge in [0.15, 0.2) is 12.1 Å². The second kappa shape index (κ2) is 3.18. The van der Waals surface area contributed by atoms with Crippen LogP contribution in [0.3, 0.4) is 0 Å². The molecule has 2 rings (SSSR count). The minimum absolute atomic E-state index is 0.235. The molecular weight excluding hydrogens is 190 g/mol. The largest absolute Gasteiger partial charge is 0.367 e. The SMILES string of the molecule is CCNc1nc(Cl)nc2[nH+]c[nH]c12. The van der Waals surface area contributed by atoms with Crippen molar-refractivity contribution in [1.82, 2.24) is 15.0 Å². The molecule has 0 saturated heterocycles. The summed E-state index contributed by atoms with van der Waals surface area (Å²) in [7, 11) is 0. The molecule has 13 heavy (non-hydrogen) atoms. The highest BCUT2D eigenvalue weighted by Crippen LogP contribution is 2.16. The fourth-order valence-electron chi connectivity index (χ4n) is 1.15. The number of hydrogen-bond acceptors (Lipinski definition) is 3. The summed E-state index contributed by atoms with van der Waals surface area (Å²) in [5.41, 5.74) is 1.54. The molecule has 0 aliphatic heterocycles. The maximum Gasteiger partial charge on any atom is 0.306 e. The van der Waals surface area contributed by atoms with E-state index in [-0.39, 0.29) is 5.28 Å². The van der Waals surface area contributed by atoms with E-state index in [9.17, 15) is 0 Å². The summed E-state index contributed by atoms with van der Waals surface area (Å²) in [6.07, 6.45) is 1.69. The molecule has 0 bridgehead atoms. The van der Waals surface area contributed by atoms with Gasteiger partial charge in [-0.1, -0.05) is 4.98 Å². The van der Waals surface area contributed by atoms with E-state index in [2.05, 4.69) is 25.3 Å². The first-order valence-electron chi connectivity index (χ1n) is 3.97. The molecule has 0 spiro atoms. The Morgan fingerprint density at radius 1 is 1.62 bits per heavy atom. The first-order chi connectivity index (χ1) is 6.31. The van der Waals surface area contributed by atoms with Gasteiger partial charge in [-0.3, -0.25) is 4.98 Å². The quantitative estimate of drug-likeness (QED) is 0.704. The van der Waals surface area contributed by atoms with Crippen molar-refractivity contribution in [3.05, 3.63) is 11.6 Å². The molecule has 0 radical (unpaired) electrons. The number of hydrogen-bond donors (Lipinski definition) is 2. The number of aromatic nitrogens is 4. The summed E-state index contributed by atoms with van der Waals surface area (Å²) in [6.45, 7) is 2.79. The van der Waals surface area contributed by atoms with E-state index in [1.54, 1.807) is 6.33 Å². The van der Waals surface area contributed by atoms with Gasteiger partial charge in [0.05, 0.1) is 0 Å². The molecule has 2 heterocycles. The molecule has 5 nitrogen and oxygen atoms in total. The van der Waals surface area contributed by atoms with Crippen molar-refractivity contribution in [1.29, 1.82) is 0 Å². The first kappa shape index (κ1) is 8.25. The van der Waals surface area contributed by atoms with Crippen LogP contribution in [0.15, 0.2) is 6.33 Å². The molecule has 2 aromatic heterocycles. The van der Waals surface area contributed by atoms with E-state index >= 15 is 0 Å². The number of anilines is 1. The van der Waals surface area contributed by atoms with Gasteiger partial charge in [-0.15, -0.1) is 0 Å². The van der Waals surface area contributed by atoms with E-state index in [4.69, 9.17) is 11.6 Å². The molecule has 0 aliphatic carbocycles. The van der Waals surface area contributed by atoms with E-state index in [0.29, 0.717) is 5.65 Å². The fraction of sp³-hybridized carbons (Fsp3) is 0.286. The number of fused-ring (bicyclic) bond motifs is 1. The monoisotopic (exact) mass is 198 g/mol. The summed E-state index contributed by atoms with van der Waals surface area (Å²) in [5, 5.41) is 3.33. The van der Waals surface area contributed by atoms with Gasteiger partial charge in [0, 0.05) is 6.54 Å².